The van der Waals surface area contributed by atoms with Gasteiger partial charge in [0.25, 0.3) is 0 Å². The molecule has 9 heteroatoms. The predicted molar refractivity (Wildman–Crippen MR) is 130 cm³/mol. The molecule has 2 amide bonds. The molecule has 2 aromatic rings. The summed E-state index contributed by atoms with van der Waals surface area (Å²) in [6, 6.07) is 13.8. The first-order chi connectivity index (χ1) is 15.6. The number of hydrogen-bond donors (Lipinski definition) is 1. The van der Waals surface area contributed by atoms with Gasteiger partial charge in [0.2, 0.25) is 21.8 Å². The van der Waals surface area contributed by atoms with Crippen LogP contribution in [0.15, 0.2) is 48.5 Å². The number of nitrogens with zero attached hydrogens (tertiary/aromatic N) is 2. The number of likely N-dealkylation sites (N-methyl/N-ethyl adjacent to an activating group) is 1. The lowest BCUT2D eigenvalue weighted by Gasteiger charge is -2.29. The first-order valence-electron chi connectivity index (χ1n) is 10.7. The molecule has 0 aliphatic carbocycles. The second-order valence-corrected chi connectivity index (χ2v) is 9.84. The Morgan fingerprint density at radius 2 is 1.67 bits per heavy atom. The molecule has 0 heterocycles. The van der Waals surface area contributed by atoms with Crippen LogP contribution in [0.1, 0.15) is 30.9 Å². The SMILES string of the molecule is CNC(=O)[C@@H](C)N(Cc1ccc(OC)cc1)C(=O)CCCN(c1ccc(C)cc1)S(C)(=O)=O. The molecule has 180 valence electrons. The summed E-state index contributed by atoms with van der Waals surface area (Å²) in [7, 11) is -0.399. The highest BCUT2D eigenvalue weighted by molar-refractivity contribution is 7.92. The first kappa shape index (κ1) is 26.2. The van der Waals surface area contributed by atoms with Crippen LogP contribution in [0.25, 0.3) is 0 Å². The van der Waals surface area contributed by atoms with Gasteiger partial charge in [0, 0.05) is 26.6 Å². The smallest absolute Gasteiger partial charge is 0.242 e. The van der Waals surface area contributed by atoms with E-state index in [1.54, 1.807) is 38.3 Å². The zero-order chi connectivity index (χ0) is 24.6. The molecule has 0 aliphatic rings. The van der Waals surface area contributed by atoms with Crippen molar-refractivity contribution in [3.05, 3.63) is 59.7 Å². The summed E-state index contributed by atoms with van der Waals surface area (Å²) in [5.74, 6) is 0.210. The Morgan fingerprint density at radius 3 is 2.18 bits per heavy atom. The van der Waals surface area contributed by atoms with Gasteiger partial charge in [-0.1, -0.05) is 29.8 Å². The number of aryl methyl sites for hydroxylation is 1. The number of amides is 2. The van der Waals surface area contributed by atoms with E-state index in [0.29, 0.717) is 17.9 Å². The maximum absolute atomic E-state index is 13.1. The van der Waals surface area contributed by atoms with Crippen LogP contribution >= 0.6 is 0 Å². The van der Waals surface area contributed by atoms with Gasteiger partial charge in [-0.2, -0.15) is 0 Å². The molecule has 0 aromatic heterocycles. The second-order valence-electron chi connectivity index (χ2n) is 7.93. The van der Waals surface area contributed by atoms with E-state index in [4.69, 9.17) is 4.74 Å². The van der Waals surface area contributed by atoms with Gasteiger partial charge in [0.05, 0.1) is 19.1 Å². The monoisotopic (exact) mass is 475 g/mol. The standard InChI is InChI=1S/C24H33N3O5S/c1-18-8-12-21(13-9-18)27(33(5,30)31)16-6-7-23(28)26(19(2)24(29)25-3)17-20-10-14-22(32-4)15-11-20/h8-15,19H,6-7,16-17H2,1-5H3,(H,25,29)/t19-/m1/s1. The molecule has 0 spiro atoms. The van der Waals surface area contributed by atoms with E-state index in [1.165, 1.54) is 16.3 Å². The number of ether oxygens (including phenoxy) is 1. The Balaban J connectivity index is 2.13. The van der Waals surface area contributed by atoms with Crippen LogP contribution in [0.3, 0.4) is 0 Å². The van der Waals surface area contributed by atoms with Gasteiger partial charge in [-0.15, -0.1) is 0 Å². The molecule has 0 fully saturated rings. The lowest BCUT2D eigenvalue weighted by molar-refractivity contribution is -0.140. The summed E-state index contributed by atoms with van der Waals surface area (Å²) in [6.07, 6.45) is 1.58. The van der Waals surface area contributed by atoms with Crippen molar-refractivity contribution in [1.29, 1.82) is 0 Å². The quantitative estimate of drug-likeness (QED) is 0.539. The fourth-order valence-corrected chi connectivity index (χ4v) is 4.40. The third-order valence-corrected chi connectivity index (χ3v) is 6.59. The summed E-state index contributed by atoms with van der Waals surface area (Å²) >= 11 is 0. The summed E-state index contributed by atoms with van der Waals surface area (Å²) in [5, 5.41) is 2.58. The number of hydrogen-bond acceptors (Lipinski definition) is 5. The Bertz CT molecular complexity index is 1040. The Kier molecular flexibility index (Phi) is 9.28. The van der Waals surface area contributed by atoms with Crippen molar-refractivity contribution < 1.29 is 22.7 Å². The molecular weight excluding hydrogens is 442 g/mol. The van der Waals surface area contributed by atoms with Crippen LogP contribution in [0.2, 0.25) is 0 Å². The Morgan fingerprint density at radius 1 is 1.06 bits per heavy atom. The van der Waals surface area contributed by atoms with E-state index in [1.807, 2.05) is 31.2 Å². The molecule has 33 heavy (non-hydrogen) atoms. The lowest BCUT2D eigenvalue weighted by atomic mass is 10.1. The van der Waals surface area contributed by atoms with Crippen molar-refractivity contribution >= 4 is 27.5 Å². The number of methoxy groups -OCH3 is 1. The van der Waals surface area contributed by atoms with Gasteiger partial charge in [0.1, 0.15) is 11.8 Å². The second kappa shape index (κ2) is 11.7. The number of benzene rings is 2. The molecule has 1 atom stereocenters. The topological polar surface area (TPSA) is 96.0 Å². The molecule has 0 bridgehead atoms. The summed E-state index contributed by atoms with van der Waals surface area (Å²) in [5.41, 5.74) is 2.45. The predicted octanol–water partition coefficient (Wildman–Crippen LogP) is 2.71. The van der Waals surface area contributed by atoms with Gasteiger partial charge >= 0.3 is 0 Å². The van der Waals surface area contributed by atoms with Crippen molar-refractivity contribution in [3.63, 3.8) is 0 Å². The fraction of sp³-hybridized carbons (Fsp3) is 0.417. The fourth-order valence-electron chi connectivity index (χ4n) is 3.43. The minimum atomic E-state index is -3.51. The zero-order valence-corrected chi connectivity index (χ0v) is 20.7. The highest BCUT2D eigenvalue weighted by Gasteiger charge is 2.26. The minimum Gasteiger partial charge on any atom is -0.497 e. The van der Waals surface area contributed by atoms with Crippen molar-refractivity contribution in [2.24, 2.45) is 0 Å². The number of carbonyl (C=O) groups is 2. The number of nitrogens with one attached hydrogen (secondary N) is 1. The van der Waals surface area contributed by atoms with Crippen molar-refractivity contribution in [1.82, 2.24) is 10.2 Å². The molecule has 1 N–H and O–H groups in total. The lowest BCUT2D eigenvalue weighted by Crippen LogP contribution is -2.46. The van der Waals surface area contributed by atoms with Gasteiger partial charge in [0.15, 0.2) is 0 Å². The van der Waals surface area contributed by atoms with E-state index in [-0.39, 0.29) is 31.3 Å². The average Bonchev–Trinajstić information content (AvgIpc) is 2.79. The molecule has 0 unspecified atom stereocenters. The highest BCUT2D eigenvalue weighted by atomic mass is 32.2. The molecule has 0 saturated carbocycles. The first-order valence-corrected chi connectivity index (χ1v) is 12.6. The molecule has 0 aliphatic heterocycles. The summed E-state index contributed by atoms with van der Waals surface area (Å²) < 4.78 is 31.1. The van der Waals surface area contributed by atoms with Gasteiger partial charge in [-0.05, 0) is 50.1 Å². The van der Waals surface area contributed by atoms with E-state index in [0.717, 1.165) is 17.4 Å². The number of anilines is 1. The van der Waals surface area contributed by atoms with Crippen molar-refractivity contribution in [2.75, 3.05) is 31.3 Å². The van der Waals surface area contributed by atoms with Crippen LogP contribution < -0.4 is 14.4 Å². The van der Waals surface area contributed by atoms with Gasteiger partial charge < -0.3 is 15.0 Å². The normalized spacial score (nSPS) is 12.0. The van der Waals surface area contributed by atoms with Crippen LogP contribution in [0.5, 0.6) is 5.75 Å². The Hall–Kier alpha value is -3.07. The van der Waals surface area contributed by atoms with Gasteiger partial charge in [-0.25, -0.2) is 8.42 Å². The number of rotatable bonds is 11. The third-order valence-electron chi connectivity index (χ3n) is 5.40. The number of sulfonamides is 1. The third kappa shape index (κ3) is 7.49. The van der Waals surface area contributed by atoms with Crippen LogP contribution in [0, 0.1) is 6.92 Å². The van der Waals surface area contributed by atoms with Crippen molar-refractivity contribution in [2.45, 2.75) is 39.3 Å². The molecule has 2 aromatic carbocycles. The largest absolute Gasteiger partial charge is 0.497 e. The molecule has 0 radical (unpaired) electrons. The van der Waals surface area contributed by atoms with E-state index >= 15 is 0 Å². The maximum atomic E-state index is 13.1. The number of carbonyl (C=O) groups excluding carboxylic acids is 2. The van der Waals surface area contributed by atoms with Crippen LogP contribution in [0.4, 0.5) is 5.69 Å². The van der Waals surface area contributed by atoms with Gasteiger partial charge in [-0.3, -0.25) is 13.9 Å². The van der Waals surface area contributed by atoms with Crippen LogP contribution in [-0.2, 0) is 26.2 Å². The van der Waals surface area contributed by atoms with E-state index in [9.17, 15) is 18.0 Å². The summed E-state index contributed by atoms with van der Waals surface area (Å²) in [4.78, 5) is 26.9. The molecule has 2 rings (SSSR count). The molecule has 8 nitrogen and oxygen atoms in total. The minimum absolute atomic E-state index is 0.107. The van der Waals surface area contributed by atoms with Crippen molar-refractivity contribution in [3.8, 4) is 5.75 Å². The Labute approximate surface area is 196 Å². The van der Waals surface area contributed by atoms with Crippen LogP contribution in [-0.4, -0.2) is 58.1 Å². The van der Waals surface area contributed by atoms with E-state index in [2.05, 4.69) is 5.32 Å². The molecule has 0 saturated heterocycles. The average molecular weight is 476 g/mol. The zero-order valence-electron chi connectivity index (χ0n) is 19.9. The maximum Gasteiger partial charge on any atom is 0.242 e. The highest BCUT2D eigenvalue weighted by Crippen LogP contribution is 2.20. The van der Waals surface area contributed by atoms with E-state index < -0.39 is 16.1 Å². The molecular formula is C24H33N3O5S. The summed E-state index contributed by atoms with van der Waals surface area (Å²) in [6.45, 7) is 4.02.